The van der Waals surface area contributed by atoms with Crippen LogP contribution in [0.4, 0.5) is 0 Å². The Morgan fingerprint density at radius 3 is 2.05 bits per heavy atom. The molecule has 0 aromatic heterocycles. The summed E-state index contributed by atoms with van der Waals surface area (Å²) in [5, 5.41) is 65.5. The lowest BCUT2D eigenvalue weighted by atomic mass is 9.61. The molecule has 3 aromatic carbocycles. The van der Waals surface area contributed by atoms with Gasteiger partial charge in [-0.15, -0.1) is 0 Å². The normalized spacial score (nSPS) is 27.5. The van der Waals surface area contributed by atoms with E-state index in [1.54, 1.807) is 19.1 Å². The lowest BCUT2D eigenvalue weighted by molar-refractivity contribution is -0.119. The summed E-state index contributed by atoms with van der Waals surface area (Å²) in [4.78, 5) is 40.7. The summed E-state index contributed by atoms with van der Waals surface area (Å²) in [6, 6.07) is 6.35. The Balaban J connectivity index is 1.52. The largest absolute Gasteiger partial charge is 0.507 e. The number of carbonyl (C=O) groups is 3. The van der Waals surface area contributed by atoms with Crippen LogP contribution in [0.1, 0.15) is 76.5 Å². The third-order valence-electron chi connectivity index (χ3n) is 8.76. The molecule has 5 atom stereocenters. The van der Waals surface area contributed by atoms with E-state index in [1.165, 1.54) is 18.2 Å². The first-order valence-corrected chi connectivity index (χ1v) is 12.6. The summed E-state index contributed by atoms with van der Waals surface area (Å²) in [5.41, 5.74) is -1.88. The molecule has 0 saturated carbocycles. The molecule has 10 nitrogen and oxygen atoms in total. The van der Waals surface area contributed by atoms with Gasteiger partial charge in [0.25, 0.3) is 0 Å². The van der Waals surface area contributed by atoms with Gasteiger partial charge in [0.15, 0.2) is 5.78 Å². The molecule has 202 valence electrons. The highest BCUT2D eigenvalue weighted by atomic mass is 16.6. The number of ketones is 2. The van der Waals surface area contributed by atoms with E-state index in [2.05, 4.69) is 0 Å². The third kappa shape index (κ3) is 2.76. The minimum Gasteiger partial charge on any atom is -0.507 e. The number of aliphatic hydroxyl groups excluding tert-OH is 2. The molecule has 0 amide bonds. The van der Waals surface area contributed by atoms with E-state index in [0.29, 0.717) is 11.1 Å². The van der Waals surface area contributed by atoms with Crippen molar-refractivity contribution in [1.82, 2.24) is 0 Å². The van der Waals surface area contributed by atoms with Gasteiger partial charge in [0.2, 0.25) is 5.78 Å². The van der Waals surface area contributed by atoms with E-state index in [0.717, 1.165) is 12.1 Å². The average Bonchev–Trinajstić information content (AvgIpc) is 3.18. The van der Waals surface area contributed by atoms with Gasteiger partial charge < -0.3 is 35.4 Å². The summed E-state index contributed by atoms with van der Waals surface area (Å²) in [6.07, 6.45) is -1.33. The summed E-state index contributed by atoms with van der Waals surface area (Å²) in [6.45, 7) is 1.67. The van der Waals surface area contributed by atoms with Crippen molar-refractivity contribution in [2.75, 3.05) is 0 Å². The first-order chi connectivity index (χ1) is 19.0. The molecule has 1 heterocycles. The Labute approximate surface area is 226 Å². The van der Waals surface area contributed by atoms with Crippen LogP contribution in [0.25, 0.3) is 0 Å². The van der Waals surface area contributed by atoms with Gasteiger partial charge in [-0.1, -0.05) is 18.2 Å². The predicted octanol–water partition coefficient (Wildman–Crippen LogP) is 2.42. The molecule has 4 aliphatic rings. The number of esters is 1. The smallest absolute Gasteiger partial charge is 0.342 e. The Bertz CT molecular complexity index is 1770. The van der Waals surface area contributed by atoms with Gasteiger partial charge in [-0.25, -0.2) is 4.79 Å². The van der Waals surface area contributed by atoms with Gasteiger partial charge in [0.05, 0.1) is 28.2 Å². The summed E-state index contributed by atoms with van der Waals surface area (Å²) >= 11 is 0. The fourth-order valence-corrected chi connectivity index (χ4v) is 7.20. The molecule has 0 bridgehead atoms. The third-order valence-corrected chi connectivity index (χ3v) is 8.76. The number of aryl methyl sites for hydroxylation is 1. The second-order valence-electron chi connectivity index (χ2n) is 10.8. The maximum absolute atomic E-state index is 13.9. The monoisotopic (exact) mass is 542 g/mol. The van der Waals surface area contributed by atoms with Crippen molar-refractivity contribution < 1.29 is 49.8 Å². The standard InChI is InChI=1S/C30H22O10/c1-10-6-12-20(17(34)7-10)29(39)40-28-16(33)3-2-13-19-11(9-30(13,28)27(12)38)8-18(35)23-24(19)26(37)22-15(32)5-4-14(31)21(22)25(23)36/h2-8,13,16,27-28,31-35,38H,9H2,1H3/t13-,16-,27+,28-,30+/m1/s1. The van der Waals surface area contributed by atoms with E-state index in [-0.39, 0.29) is 34.2 Å². The van der Waals surface area contributed by atoms with Crippen molar-refractivity contribution in [3.05, 3.63) is 92.6 Å². The summed E-state index contributed by atoms with van der Waals surface area (Å²) < 4.78 is 5.75. The van der Waals surface area contributed by atoms with Crippen LogP contribution in [-0.4, -0.2) is 60.4 Å². The number of hydrogen-bond donors (Lipinski definition) is 6. The molecule has 0 saturated heterocycles. The molecule has 0 radical (unpaired) electrons. The molecule has 40 heavy (non-hydrogen) atoms. The first kappa shape index (κ1) is 24.4. The van der Waals surface area contributed by atoms with E-state index in [1.807, 2.05) is 0 Å². The highest BCUT2D eigenvalue weighted by molar-refractivity contribution is 6.31. The zero-order valence-corrected chi connectivity index (χ0v) is 20.9. The van der Waals surface area contributed by atoms with Gasteiger partial charge in [0.1, 0.15) is 40.8 Å². The number of phenolic OH excluding ortho intramolecular Hbond substituents is 4. The zero-order valence-electron chi connectivity index (χ0n) is 20.9. The van der Waals surface area contributed by atoms with Crippen LogP contribution >= 0.6 is 0 Å². The van der Waals surface area contributed by atoms with Crippen molar-refractivity contribution >= 4 is 17.5 Å². The number of fused-ring (bicyclic) bond motifs is 6. The lowest BCUT2D eigenvalue weighted by Crippen LogP contribution is -2.52. The number of hydrogen-bond acceptors (Lipinski definition) is 10. The number of allylic oxidation sites excluding steroid dienone is 1. The van der Waals surface area contributed by atoms with Crippen molar-refractivity contribution in [3.8, 4) is 23.0 Å². The van der Waals surface area contributed by atoms with Gasteiger partial charge >= 0.3 is 5.97 Å². The number of ether oxygens (including phenoxy) is 1. The summed E-state index contributed by atoms with van der Waals surface area (Å²) in [5.74, 6) is -5.52. The fourth-order valence-electron chi connectivity index (χ4n) is 7.20. The van der Waals surface area contributed by atoms with E-state index >= 15 is 0 Å². The molecule has 3 aromatic rings. The molecule has 10 heteroatoms. The second-order valence-corrected chi connectivity index (χ2v) is 10.8. The van der Waals surface area contributed by atoms with Crippen LogP contribution in [0.15, 0.2) is 42.5 Å². The zero-order chi connectivity index (χ0) is 28.4. The molecule has 1 aliphatic heterocycles. The maximum Gasteiger partial charge on any atom is 0.342 e. The molecule has 7 rings (SSSR count). The maximum atomic E-state index is 13.9. The van der Waals surface area contributed by atoms with Gasteiger partial charge in [-0.2, -0.15) is 0 Å². The predicted molar refractivity (Wildman–Crippen MR) is 136 cm³/mol. The van der Waals surface area contributed by atoms with Gasteiger partial charge in [-0.3, -0.25) is 9.59 Å². The van der Waals surface area contributed by atoms with E-state index < -0.39 is 81.3 Å². The van der Waals surface area contributed by atoms with Gasteiger partial charge in [0, 0.05) is 11.5 Å². The first-order valence-electron chi connectivity index (χ1n) is 12.6. The van der Waals surface area contributed by atoms with Crippen LogP contribution in [-0.2, 0) is 11.2 Å². The van der Waals surface area contributed by atoms with Crippen LogP contribution in [0.5, 0.6) is 23.0 Å². The highest BCUT2D eigenvalue weighted by Crippen LogP contribution is 2.63. The molecule has 1 spiro atoms. The minimum absolute atomic E-state index is 0.0805. The molecular formula is C30H22O10. The minimum atomic E-state index is -1.50. The number of rotatable bonds is 0. The second kappa shape index (κ2) is 7.71. The molecule has 0 fully saturated rings. The molecule has 0 unspecified atom stereocenters. The number of phenols is 4. The van der Waals surface area contributed by atoms with Crippen LogP contribution in [0.2, 0.25) is 0 Å². The number of aromatic hydroxyl groups is 4. The summed E-state index contributed by atoms with van der Waals surface area (Å²) in [7, 11) is 0. The fraction of sp³-hybridized carbons (Fsp3) is 0.233. The number of benzene rings is 3. The van der Waals surface area contributed by atoms with Crippen LogP contribution < -0.4 is 0 Å². The molecular weight excluding hydrogens is 520 g/mol. The molecule has 3 aliphatic carbocycles. The van der Waals surface area contributed by atoms with Crippen LogP contribution in [0.3, 0.4) is 0 Å². The SMILES string of the molecule is Cc1cc(O)c2c(c1)[C@H](O)[C@]13Cc4cc(O)c5c(c4[C@H]1C=C[C@@H](O)[C@H]3OC2=O)C(=O)c1c(O)ccc(O)c1C5=O. The Morgan fingerprint density at radius 2 is 1.38 bits per heavy atom. The number of aliphatic hydroxyl groups is 2. The Hall–Kier alpha value is -4.67. The van der Waals surface area contributed by atoms with Crippen molar-refractivity contribution in [2.45, 2.75) is 37.6 Å². The Morgan fingerprint density at radius 1 is 0.775 bits per heavy atom. The quantitative estimate of drug-likeness (QED) is 0.110. The van der Waals surface area contributed by atoms with Crippen molar-refractivity contribution in [2.24, 2.45) is 5.41 Å². The van der Waals surface area contributed by atoms with E-state index in [4.69, 9.17) is 4.74 Å². The molecule has 6 N–H and O–H groups in total. The average molecular weight is 542 g/mol. The van der Waals surface area contributed by atoms with Gasteiger partial charge in [-0.05, 0) is 59.9 Å². The van der Waals surface area contributed by atoms with Crippen LogP contribution in [0, 0.1) is 12.3 Å². The number of carbonyl (C=O) groups excluding carboxylic acids is 3. The van der Waals surface area contributed by atoms with Crippen molar-refractivity contribution in [3.63, 3.8) is 0 Å². The Kier molecular flexibility index (Phi) is 4.70. The lowest BCUT2D eigenvalue weighted by Gasteiger charge is -2.46. The van der Waals surface area contributed by atoms with Crippen molar-refractivity contribution in [1.29, 1.82) is 0 Å². The topological polar surface area (TPSA) is 182 Å². The van der Waals surface area contributed by atoms with E-state index in [9.17, 15) is 45.0 Å². The highest BCUT2D eigenvalue weighted by Gasteiger charge is 2.63.